The number of nitrogens with one attached hydrogen (secondary N) is 1. The number of fused-ring (bicyclic) bond motifs is 1. The van der Waals surface area contributed by atoms with E-state index in [1.54, 1.807) is 15.5 Å². The number of anilines is 1. The molecule has 0 saturated heterocycles. The number of hydrogen-bond donors (Lipinski definition) is 1. The van der Waals surface area contributed by atoms with E-state index in [1.165, 1.54) is 0 Å². The molecule has 2 amide bonds. The lowest BCUT2D eigenvalue weighted by Crippen LogP contribution is -2.40. The van der Waals surface area contributed by atoms with Crippen molar-refractivity contribution in [2.45, 2.75) is 53.0 Å². The number of unbranched alkanes of at least 4 members (excludes halogenated alkanes) is 1. The van der Waals surface area contributed by atoms with Crippen molar-refractivity contribution in [2.24, 2.45) is 0 Å². The monoisotopic (exact) mass is 512 g/mol. The smallest absolute Gasteiger partial charge is 0.322 e. The minimum Gasteiger partial charge on any atom is -0.494 e. The Hall–Kier alpha value is -4.13. The molecule has 1 N–H and O–H groups in total. The predicted octanol–water partition coefficient (Wildman–Crippen LogP) is 6.74. The van der Waals surface area contributed by atoms with Crippen LogP contribution in [-0.4, -0.2) is 33.6 Å². The molecule has 0 radical (unpaired) electrons. The van der Waals surface area contributed by atoms with E-state index in [0.717, 1.165) is 36.3 Å². The summed E-state index contributed by atoms with van der Waals surface area (Å²) in [7, 11) is 0. The third-order valence-electron chi connectivity index (χ3n) is 6.69. The van der Waals surface area contributed by atoms with Crippen LogP contribution in [0.2, 0.25) is 0 Å². The second kappa shape index (κ2) is 12.4. The summed E-state index contributed by atoms with van der Waals surface area (Å²) in [5.41, 5.74) is 2.99. The molecule has 1 heterocycles. The summed E-state index contributed by atoms with van der Waals surface area (Å²) in [6.07, 6.45) is 2.52. The van der Waals surface area contributed by atoms with Gasteiger partial charge >= 0.3 is 6.03 Å². The Bertz CT molecular complexity index is 1450. The number of carbonyl (C=O) groups excluding carboxylic acids is 1. The SMILES string of the molecule is CCCCN(C(=O)Nc1ccc(OCC)cc1)C(C)c1nc2ccccc2c(=O)n1-c1ccccc1CC. The topological polar surface area (TPSA) is 76.5 Å². The van der Waals surface area contributed by atoms with Crippen molar-refractivity contribution >= 4 is 22.6 Å². The number of nitrogens with zero attached hydrogens (tertiary/aromatic N) is 3. The first kappa shape index (κ1) is 26.9. The molecule has 0 bridgehead atoms. The lowest BCUT2D eigenvalue weighted by Gasteiger charge is -2.31. The first-order chi connectivity index (χ1) is 18.5. The Labute approximate surface area is 224 Å². The largest absolute Gasteiger partial charge is 0.494 e. The van der Waals surface area contributed by atoms with Crippen molar-refractivity contribution in [3.63, 3.8) is 0 Å². The Kier molecular flexibility index (Phi) is 8.79. The average Bonchev–Trinajstić information content (AvgIpc) is 2.94. The first-order valence-corrected chi connectivity index (χ1v) is 13.4. The molecule has 0 aliphatic carbocycles. The van der Waals surface area contributed by atoms with Crippen LogP contribution in [0.3, 0.4) is 0 Å². The molecule has 38 heavy (non-hydrogen) atoms. The highest BCUT2D eigenvalue weighted by atomic mass is 16.5. The van der Waals surface area contributed by atoms with E-state index in [9.17, 15) is 9.59 Å². The maximum Gasteiger partial charge on any atom is 0.322 e. The van der Waals surface area contributed by atoms with Gasteiger partial charge in [0.15, 0.2) is 0 Å². The van der Waals surface area contributed by atoms with Crippen molar-refractivity contribution in [1.29, 1.82) is 0 Å². The zero-order valence-electron chi connectivity index (χ0n) is 22.6. The van der Waals surface area contributed by atoms with Crippen LogP contribution in [0.5, 0.6) is 5.75 Å². The Morgan fingerprint density at radius 1 is 1.00 bits per heavy atom. The van der Waals surface area contributed by atoms with Gasteiger partial charge in [0, 0.05) is 12.2 Å². The van der Waals surface area contributed by atoms with Crippen LogP contribution < -0.4 is 15.6 Å². The first-order valence-electron chi connectivity index (χ1n) is 13.4. The third kappa shape index (κ3) is 5.72. The molecule has 198 valence electrons. The number of urea groups is 1. The van der Waals surface area contributed by atoms with Crippen molar-refractivity contribution in [1.82, 2.24) is 14.5 Å². The summed E-state index contributed by atoms with van der Waals surface area (Å²) in [5.74, 6) is 1.29. The van der Waals surface area contributed by atoms with Crippen LogP contribution in [-0.2, 0) is 6.42 Å². The maximum absolute atomic E-state index is 13.9. The second-order valence-electron chi connectivity index (χ2n) is 9.22. The normalized spacial score (nSPS) is 11.8. The molecule has 1 unspecified atom stereocenters. The van der Waals surface area contributed by atoms with Gasteiger partial charge < -0.3 is 15.0 Å². The number of carbonyl (C=O) groups is 1. The van der Waals surface area contributed by atoms with E-state index in [-0.39, 0.29) is 11.6 Å². The summed E-state index contributed by atoms with van der Waals surface area (Å²) in [6.45, 7) is 9.14. The van der Waals surface area contributed by atoms with E-state index < -0.39 is 6.04 Å². The second-order valence-corrected chi connectivity index (χ2v) is 9.22. The van der Waals surface area contributed by atoms with E-state index in [1.807, 2.05) is 80.6 Å². The lowest BCUT2D eigenvalue weighted by atomic mass is 10.1. The molecular weight excluding hydrogens is 476 g/mol. The Balaban J connectivity index is 1.79. The number of para-hydroxylation sites is 2. The fraction of sp³-hybridized carbons (Fsp3) is 0.323. The van der Waals surface area contributed by atoms with Gasteiger partial charge in [-0.05, 0) is 74.7 Å². The highest BCUT2D eigenvalue weighted by Crippen LogP contribution is 2.26. The van der Waals surface area contributed by atoms with Gasteiger partial charge in [0.25, 0.3) is 5.56 Å². The van der Waals surface area contributed by atoms with Gasteiger partial charge in [-0.3, -0.25) is 9.36 Å². The zero-order chi connectivity index (χ0) is 27.1. The van der Waals surface area contributed by atoms with Gasteiger partial charge in [0.2, 0.25) is 0 Å². The van der Waals surface area contributed by atoms with Gasteiger partial charge in [-0.25, -0.2) is 9.78 Å². The van der Waals surface area contributed by atoms with E-state index in [4.69, 9.17) is 9.72 Å². The summed E-state index contributed by atoms with van der Waals surface area (Å²) in [5, 5.41) is 3.57. The lowest BCUT2D eigenvalue weighted by molar-refractivity contribution is 0.188. The van der Waals surface area contributed by atoms with Crippen LogP contribution >= 0.6 is 0 Å². The van der Waals surface area contributed by atoms with Crippen molar-refractivity contribution in [3.05, 3.63) is 94.5 Å². The van der Waals surface area contributed by atoms with Gasteiger partial charge in [-0.2, -0.15) is 0 Å². The molecule has 1 aromatic heterocycles. The number of amides is 2. The summed E-state index contributed by atoms with van der Waals surface area (Å²) in [6, 6.07) is 21.9. The van der Waals surface area contributed by atoms with Crippen LogP contribution in [0.4, 0.5) is 10.5 Å². The number of aryl methyl sites for hydroxylation is 1. The standard InChI is InChI=1S/C31H36N4O3/c1-5-8-21-34(31(37)32-24-17-19-25(20-18-24)38-7-3)22(4)29-33-27-15-11-10-14-26(27)30(36)35(29)28-16-12-9-13-23(28)6-2/h9-20,22H,5-8,21H2,1-4H3,(H,32,37). The maximum atomic E-state index is 13.9. The molecule has 7 nitrogen and oxygen atoms in total. The molecule has 3 aromatic carbocycles. The van der Waals surface area contributed by atoms with Crippen LogP contribution in [0.1, 0.15) is 58.0 Å². The predicted molar refractivity (Wildman–Crippen MR) is 153 cm³/mol. The quantitative estimate of drug-likeness (QED) is 0.255. The molecule has 0 aliphatic heterocycles. The van der Waals surface area contributed by atoms with Crippen molar-refractivity contribution < 1.29 is 9.53 Å². The fourth-order valence-corrected chi connectivity index (χ4v) is 4.63. The molecule has 0 aliphatic rings. The fourth-order valence-electron chi connectivity index (χ4n) is 4.63. The van der Waals surface area contributed by atoms with Crippen LogP contribution in [0.25, 0.3) is 16.6 Å². The van der Waals surface area contributed by atoms with E-state index in [2.05, 4.69) is 19.2 Å². The minimum atomic E-state index is -0.466. The van der Waals surface area contributed by atoms with Gasteiger partial charge in [0.1, 0.15) is 11.6 Å². The molecule has 4 aromatic rings. The molecule has 0 spiro atoms. The molecule has 4 rings (SSSR count). The highest BCUT2D eigenvalue weighted by Gasteiger charge is 2.27. The Morgan fingerprint density at radius 2 is 1.71 bits per heavy atom. The van der Waals surface area contributed by atoms with Gasteiger partial charge in [-0.15, -0.1) is 0 Å². The van der Waals surface area contributed by atoms with E-state index >= 15 is 0 Å². The zero-order valence-corrected chi connectivity index (χ0v) is 22.6. The summed E-state index contributed by atoms with van der Waals surface area (Å²) < 4.78 is 7.21. The average molecular weight is 513 g/mol. The van der Waals surface area contributed by atoms with Crippen molar-refractivity contribution in [2.75, 3.05) is 18.5 Å². The number of aromatic nitrogens is 2. The molecular formula is C31H36N4O3. The summed E-state index contributed by atoms with van der Waals surface area (Å²) in [4.78, 5) is 34.3. The number of ether oxygens (including phenoxy) is 1. The van der Waals surface area contributed by atoms with E-state index in [0.29, 0.717) is 35.6 Å². The molecule has 0 saturated carbocycles. The molecule has 1 atom stereocenters. The van der Waals surface area contributed by atoms with Crippen molar-refractivity contribution in [3.8, 4) is 11.4 Å². The van der Waals surface area contributed by atoms with Gasteiger partial charge in [-0.1, -0.05) is 50.6 Å². The number of rotatable bonds is 10. The number of benzene rings is 3. The highest BCUT2D eigenvalue weighted by molar-refractivity contribution is 5.89. The third-order valence-corrected chi connectivity index (χ3v) is 6.69. The molecule has 0 fully saturated rings. The summed E-state index contributed by atoms with van der Waals surface area (Å²) >= 11 is 0. The van der Waals surface area contributed by atoms with Crippen LogP contribution in [0, 0.1) is 0 Å². The minimum absolute atomic E-state index is 0.138. The molecule has 7 heteroatoms. The number of hydrogen-bond acceptors (Lipinski definition) is 4. The van der Waals surface area contributed by atoms with Crippen LogP contribution in [0.15, 0.2) is 77.6 Å². The Morgan fingerprint density at radius 3 is 2.42 bits per heavy atom. The van der Waals surface area contributed by atoms with Gasteiger partial charge in [0.05, 0.1) is 29.2 Å².